The Morgan fingerprint density at radius 3 is 2.45 bits per heavy atom. The van der Waals surface area contributed by atoms with Crippen molar-refractivity contribution in [1.29, 1.82) is 0 Å². The summed E-state index contributed by atoms with van der Waals surface area (Å²) in [5.74, 6) is 0.452. The van der Waals surface area contributed by atoms with E-state index in [1.165, 1.54) is 0 Å². The van der Waals surface area contributed by atoms with Crippen LogP contribution in [0, 0.1) is 5.92 Å². The summed E-state index contributed by atoms with van der Waals surface area (Å²) >= 11 is 5.99. The number of hydrogen-bond acceptors (Lipinski definition) is 3. The molecule has 0 unspecified atom stereocenters. The van der Waals surface area contributed by atoms with Gasteiger partial charge < -0.3 is 9.64 Å². The standard InChI is InChI=1S/C18H23ClN2O/c1-14(12-21(2)3)13-22-18(17-6-4-5-11-20-17)15-7-9-16(19)10-8-15/h4-11,14,18H,12-13H2,1-3H3/t14-,18-/m1/s1. The average molecular weight is 319 g/mol. The number of nitrogens with zero attached hydrogens (tertiary/aromatic N) is 2. The number of hydrogen-bond donors (Lipinski definition) is 0. The lowest BCUT2D eigenvalue weighted by molar-refractivity contribution is 0.0475. The van der Waals surface area contributed by atoms with E-state index in [-0.39, 0.29) is 6.10 Å². The Balaban J connectivity index is 2.14. The normalized spacial score (nSPS) is 14.0. The van der Waals surface area contributed by atoms with Gasteiger partial charge in [-0.2, -0.15) is 0 Å². The quantitative estimate of drug-likeness (QED) is 0.770. The van der Waals surface area contributed by atoms with Crippen molar-refractivity contribution in [1.82, 2.24) is 9.88 Å². The maximum atomic E-state index is 6.18. The van der Waals surface area contributed by atoms with Gasteiger partial charge in [-0.1, -0.05) is 36.7 Å². The lowest BCUT2D eigenvalue weighted by Crippen LogP contribution is -2.24. The highest BCUT2D eigenvalue weighted by Gasteiger charge is 2.17. The predicted octanol–water partition coefficient (Wildman–Crippen LogP) is 4.04. The van der Waals surface area contributed by atoms with Gasteiger partial charge in [0.25, 0.3) is 0 Å². The summed E-state index contributed by atoms with van der Waals surface area (Å²) in [6.07, 6.45) is 1.63. The maximum absolute atomic E-state index is 6.18. The first-order chi connectivity index (χ1) is 10.6. The third-order valence-electron chi connectivity index (χ3n) is 3.35. The van der Waals surface area contributed by atoms with Crippen molar-refractivity contribution in [3.8, 4) is 0 Å². The van der Waals surface area contributed by atoms with E-state index in [0.717, 1.165) is 22.8 Å². The van der Waals surface area contributed by atoms with Gasteiger partial charge in [0.2, 0.25) is 0 Å². The average Bonchev–Trinajstić information content (AvgIpc) is 2.49. The lowest BCUT2D eigenvalue weighted by Gasteiger charge is -2.22. The fourth-order valence-electron chi connectivity index (χ4n) is 2.46. The van der Waals surface area contributed by atoms with E-state index in [4.69, 9.17) is 16.3 Å². The molecule has 0 saturated carbocycles. The molecular formula is C18H23ClN2O. The van der Waals surface area contributed by atoms with Gasteiger partial charge in [0.15, 0.2) is 0 Å². The Hall–Kier alpha value is -1.42. The predicted molar refractivity (Wildman–Crippen MR) is 91.2 cm³/mol. The van der Waals surface area contributed by atoms with Crippen molar-refractivity contribution < 1.29 is 4.74 Å². The van der Waals surface area contributed by atoms with E-state index in [2.05, 4.69) is 30.9 Å². The van der Waals surface area contributed by atoms with Crippen LogP contribution in [0.2, 0.25) is 5.02 Å². The Labute approximate surface area is 137 Å². The van der Waals surface area contributed by atoms with Gasteiger partial charge in [0.1, 0.15) is 6.10 Å². The molecule has 1 heterocycles. The van der Waals surface area contributed by atoms with Crippen molar-refractivity contribution in [2.75, 3.05) is 27.2 Å². The second kappa shape index (κ2) is 8.28. The van der Waals surface area contributed by atoms with Crippen LogP contribution in [-0.2, 0) is 4.74 Å². The number of benzene rings is 1. The van der Waals surface area contributed by atoms with Crippen LogP contribution >= 0.6 is 11.6 Å². The molecule has 0 saturated heterocycles. The number of pyridine rings is 1. The highest BCUT2D eigenvalue weighted by atomic mass is 35.5. The van der Waals surface area contributed by atoms with Crippen LogP contribution < -0.4 is 0 Å². The molecule has 0 fully saturated rings. The van der Waals surface area contributed by atoms with Gasteiger partial charge in [0.05, 0.1) is 12.3 Å². The first-order valence-electron chi connectivity index (χ1n) is 7.49. The topological polar surface area (TPSA) is 25.4 Å². The highest BCUT2D eigenvalue weighted by molar-refractivity contribution is 6.30. The van der Waals surface area contributed by atoms with Gasteiger partial charge in [-0.3, -0.25) is 4.98 Å². The first kappa shape index (κ1) is 16.9. The number of aromatic nitrogens is 1. The molecule has 2 aromatic rings. The third kappa shape index (κ3) is 5.09. The number of rotatable bonds is 7. The molecule has 0 bridgehead atoms. The molecule has 1 aromatic heterocycles. The monoisotopic (exact) mass is 318 g/mol. The summed E-state index contributed by atoms with van der Waals surface area (Å²) < 4.78 is 6.18. The van der Waals surface area contributed by atoms with E-state index < -0.39 is 0 Å². The fraction of sp³-hybridized carbons (Fsp3) is 0.389. The van der Waals surface area contributed by atoms with Crippen LogP contribution in [0.1, 0.15) is 24.3 Å². The van der Waals surface area contributed by atoms with Crippen LogP contribution in [-0.4, -0.2) is 37.1 Å². The zero-order valence-electron chi connectivity index (χ0n) is 13.4. The summed E-state index contributed by atoms with van der Waals surface area (Å²) in [5, 5.41) is 0.726. The molecule has 3 nitrogen and oxygen atoms in total. The van der Waals surface area contributed by atoms with Gasteiger partial charge in [-0.05, 0) is 49.8 Å². The molecule has 0 aliphatic rings. The van der Waals surface area contributed by atoms with Crippen molar-refractivity contribution in [3.05, 3.63) is 64.9 Å². The second-order valence-electron chi connectivity index (χ2n) is 5.89. The van der Waals surface area contributed by atoms with Crippen LogP contribution in [0.3, 0.4) is 0 Å². The highest BCUT2D eigenvalue weighted by Crippen LogP contribution is 2.26. The molecule has 4 heteroatoms. The summed E-state index contributed by atoms with van der Waals surface area (Å²) in [7, 11) is 4.15. The Kier molecular flexibility index (Phi) is 6.37. The Morgan fingerprint density at radius 2 is 1.86 bits per heavy atom. The van der Waals surface area contributed by atoms with E-state index in [9.17, 15) is 0 Å². The lowest BCUT2D eigenvalue weighted by atomic mass is 10.1. The minimum Gasteiger partial charge on any atom is -0.367 e. The largest absolute Gasteiger partial charge is 0.367 e. The van der Waals surface area contributed by atoms with Gasteiger partial charge >= 0.3 is 0 Å². The summed E-state index contributed by atoms with van der Waals surface area (Å²) in [6.45, 7) is 3.87. The van der Waals surface area contributed by atoms with E-state index in [0.29, 0.717) is 12.5 Å². The molecule has 1 aromatic carbocycles. The molecule has 0 radical (unpaired) electrons. The Bertz CT molecular complexity index is 557. The van der Waals surface area contributed by atoms with Crippen LogP contribution in [0.25, 0.3) is 0 Å². The summed E-state index contributed by atoms with van der Waals surface area (Å²) in [5.41, 5.74) is 1.99. The minimum absolute atomic E-state index is 0.164. The summed E-state index contributed by atoms with van der Waals surface area (Å²) in [6, 6.07) is 13.7. The Morgan fingerprint density at radius 1 is 1.14 bits per heavy atom. The van der Waals surface area contributed by atoms with Crippen molar-refractivity contribution in [2.45, 2.75) is 13.0 Å². The SMILES string of the molecule is C[C@@H](CO[C@H](c1ccc(Cl)cc1)c1ccccn1)CN(C)C. The van der Waals surface area contributed by atoms with E-state index in [1.54, 1.807) is 6.20 Å². The van der Waals surface area contributed by atoms with Crippen molar-refractivity contribution in [3.63, 3.8) is 0 Å². The van der Waals surface area contributed by atoms with Crippen molar-refractivity contribution >= 4 is 11.6 Å². The molecule has 0 N–H and O–H groups in total. The number of ether oxygens (including phenoxy) is 1. The zero-order chi connectivity index (χ0) is 15.9. The van der Waals surface area contributed by atoms with Crippen LogP contribution in [0.15, 0.2) is 48.7 Å². The fourth-order valence-corrected chi connectivity index (χ4v) is 2.58. The molecule has 0 amide bonds. The molecule has 22 heavy (non-hydrogen) atoms. The minimum atomic E-state index is -0.164. The number of halogens is 1. The maximum Gasteiger partial charge on any atom is 0.124 e. The second-order valence-corrected chi connectivity index (χ2v) is 6.32. The smallest absolute Gasteiger partial charge is 0.124 e. The van der Waals surface area contributed by atoms with Crippen LogP contribution in [0.4, 0.5) is 0 Å². The van der Waals surface area contributed by atoms with Gasteiger partial charge in [-0.25, -0.2) is 0 Å². The molecule has 0 aliphatic heterocycles. The van der Waals surface area contributed by atoms with Crippen molar-refractivity contribution in [2.24, 2.45) is 5.92 Å². The van der Waals surface area contributed by atoms with Crippen LogP contribution in [0.5, 0.6) is 0 Å². The first-order valence-corrected chi connectivity index (χ1v) is 7.87. The molecule has 0 spiro atoms. The van der Waals surface area contributed by atoms with Gasteiger partial charge in [0, 0.05) is 17.8 Å². The van der Waals surface area contributed by atoms with Gasteiger partial charge in [-0.15, -0.1) is 0 Å². The molecule has 118 valence electrons. The molecular weight excluding hydrogens is 296 g/mol. The molecule has 2 rings (SSSR count). The third-order valence-corrected chi connectivity index (χ3v) is 3.61. The van der Waals surface area contributed by atoms with E-state index >= 15 is 0 Å². The molecule has 0 aliphatic carbocycles. The molecule has 2 atom stereocenters. The summed E-state index contributed by atoms with van der Waals surface area (Å²) in [4.78, 5) is 6.62. The zero-order valence-corrected chi connectivity index (χ0v) is 14.1. The van der Waals surface area contributed by atoms with E-state index in [1.807, 2.05) is 42.5 Å².